The molecule has 0 unspecified atom stereocenters. The lowest BCUT2D eigenvalue weighted by Gasteiger charge is -1.97. The van der Waals surface area contributed by atoms with Crippen LogP contribution in [0.4, 0.5) is 0 Å². The summed E-state index contributed by atoms with van der Waals surface area (Å²) in [7, 11) is 1.32. The van der Waals surface area contributed by atoms with Crippen LogP contribution in [0.5, 0.6) is 0 Å². The van der Waals surface area contributed by atoms with Gasteiger partial charge in [-0.15, -0.1) is 0 Å². The highest BCUT2D eigenvalue weighted by Crippen LogP contribution is 2.24. The third-order valence-electron chi connectivity index (χ3n) is 1.95. The van der Waals surface area contributed by atoms with E-state index < -0.39 is 5.97 Å². The molecule has 2 rings (SSSR count). The smallest absolute Gasteiger partial charge is 0.340 e. The molecule has 0 amide bonds. The van der Waals surface area contributed by atoms with Gasteiger partial charge in [-0.05, 0) is 6.07 Å². The van der Waals surface area contributed by atoms with E-state index >= 15 is 0 Å². The minimum absolute atomic E-state index is 0.296. The Morgan fingerprint density at radius 3 is 3.14 bits per heavy atom. The Labute approximate surface area is 84.9 Å². The first-order chi connectivity index (χ1) is 6.74. The van der Waals surface area contributed by atoms with Gasteiger partial charge < -0.3 is 9.72 Å². The highest BCUT2D eigenvalue weighted by molar-refractivity contribution is 6.35. The number of hydrogen-bond acceptors (Lipinski definition) is 3. The van der Waals surface area contributed by atoms with Crippen LogP contribution in [0.15, 0.2) is 18.5 Å². The molecule has 14 heavy (non-hydrogen) atoms. The minimum Gasteiger partial charge on any atom is -0.465 e. The number of rotatable bonds is 1. The molecule has 0 spiro atoms. The maximum Gasteiger partial charge on any atom is 0.340 e. The van der Waals surface area contributed by atoms with Gasteiger partial charge in [0.2, 0.25) is 0 Å². The summed E-state index contributed by atoms with van der Waals surface area (Å²) in [5.74, 6) is -0.425. The number of carbonyl (C=O) groups excluding carboxylic acids is 1. The fourth-order valence-corrected chi connectivity index (χ4v) is 1.57. The van der Waals surface area contributed by atoms with Gasteiger partial charge in [-0.25, -0.2) is 9.78 Å². The second-order valence-electron chi connectivity index (χ2n) is 2.72. The van der Waals surface area contributed by atoms with E-state index in [-0.39, 0.29) is 0 Å². The molecule has 0 atom stereocenters. The number of aromatic amines is 1. The molecule has 2 aromatic rings. The molecule has 0 fully saturated rings. The summed E-state index contributed by atoms with van der Waals surface area (Å²) in [6, 6.07) is 1.74. The van der Waals surface area contributed by atoms with E-state index in [9.17, 15) is 4.79 Å². The lowest BCUT2D eigenvalue weighted by Crippen LogP contribution is -1.99. The lowest BCUT2D eigenvalue weighted by molar-refractivity contribution is 0.0603. The van der Waals surface area contributed by atoms with Crippen LogP contribution < -0.4 is 0 Å². The summed E-state index contributed by atoms with van der Waals surface area (Å²) in [4.78, 5) is 18.1. The molecule has 2 aromatic heterocycles. The molecule has 0 saturated carbocycles. The van der Waals surface area contributed by atoms with Crippen molar-refractivity contribution in [2.45, 2.75) is 0 Å². The summed E-state index contributed by atoms with van der Waals surface area (Å²) >= 11 is 5.87. The van der Waals surface area contributed by atoms with Crippen molar-refractivity contribution in [3.8, 4) is 0 Å². The molecule has 0 bridgehead atoms. The molecule has 0 aliphatic rings. The zero-order chi connectivity index (χ0) is 10.1. The quantitative estimate of drug-likeness (QED) is 0.579. The SMILES string of the molecule is COC(=O)c1c[nH]c2ccnc(Cl)c12. The zero-order valence-corrected chi connectivity index (χ0v) is 8.13. The van der Waals surface area contributed by atoms with E-state index in [1.54, 1.807) is 18.5 Å². The Hall–Kier alpha value is -1.55. The van der Waals surface area contributed by atoms with Crippen molar-refractivity contribution in [2.75, 3.05) is 7.11 Å². The maximum atomic E-state index is 11.3. The van der Waals surface area contributed by atoms with Gasteiger partial charge >= 0.3 is 5.97 Å². The molecule has 4 nitrogen and oxygen atoms in total. The van der Waals surface area contributed by atoms with E-state index in [4.69, 9.17) is 11.6 Å². The summed E-state index contributed by atoms with van der Waals surface area (Å²) in [6.45, 7) is 0. The van der Waals surface area contributed by atoms with Gasteiger partial charge in [-0.3, -0.25) is 0 Å². The standard InChI is InChI=1S/C9H7ClN2O2/c1-14-9(13)5-4-12-6-2-3-11-8(10)7(5)6/h2-4,12H,1H3. The van der Waals surface area contributed by atoms with Crippen molar-refractivity contribution >= 4 is 28.5 Å². The number of aromatic nitrogens is 2. The maximum absolute atomic E-state index is 11.3. The number of ether oxygens (including phenoxy) is 1. The first kappa shape index (κ1) is 9.02. The zero-order valence-electron chi connectivity index (χ0n) is 7.37. The van der Waals surface area contributed by atoms with Crippen molar-refractivity contribution in [1.29, 1.82) is 0 Å². The van der Waals surface area contributed by atoms with Crippen LogP contribution in [-0.2, 0) is 4.74 Å². The Bertz CT molecular complexity index is 493. The molecule has 0 aromatic carbocycles. The van der Waals surface area contributed by atoms with E-state index in [0.717, 1.165) is 5.52 Å². The number of fused-ring (bicyclic) bond motifs is 1. The molecule has 5 heteroatoms. The Kier molecular flexibility index (Phi) is 2.13. The van der Waals surface area contributed by atoms with Gasteiger partial charge in [0.15, 0.2) is 0 Å². The van der Waals surface area contributed by atoms with Crippen LogP contribution in [0.2, 0.25) is 5.15 Å². The van der Waals surface area contributed by atoms with Gasteiger partial charge in [0.1, 0.15) is 5.15 Å². The molecular weight excluding hydrogens is 204 g/mol. The fourth-order valence-electron chi connectivity index (χ4n) is 1.31. The second kappa shape index (κ2) is 3.31. The Morgan fingerprint density at radius 1 is 1.64 bits per heavy atom. The molecular formula is C9H7ClN2O2. The summed E-state index contributed by atoms with van der Waals surface area (Å²) in [6.07, 6.45) is 3.13. The van der Waals surface area contributed by atoms with Crippen LogP contribution in [0, 0.1) is 0 Å². The van der Waals surface area contributed by atoms with E-state index in [2.05, 4.69) is 14.7 Å². The number of esters is 1. The molecule has 0 aliphatic heterocycles. The van der Waals surface area contributed by atoms with E-state index in [0.29, 0.717) is 16.1 Å². The Balaban J connectivity index is 2.73. The summed E-state index contributed by atoms with van der Waals surface area (Å²) in [5.41, 5.74) is 1.17. The first-order valence-corrected chi connectivity index (χ1v) is 4.31. The third kappa shape index (κ3) is 1.24. The van der Waals surface area contributed by atoms with Gasteiger partial charge in [0.25, 0.3) is 0 Å². The number of halogens is 1. The average molecular weight is 211 g/mol. The highest BCUT2D eigenvalue weighted by Gasteiger charge is 2.14. The predicted molar refractivity (Wildman–Crippen MR) is 52.4 cm³/mol. The topological polar surface area (TPSA) is 55.0 Å². The molecule has 0 radical (unpaired) electrons. The normalized spacial score (nSPS) is 10.4. The molecule has 72 valence electrons. The molecule has 2 heterocycles. The summed E-state index contributed by atoms with van der Waals surface area (Å²) in [5, 5.41) is 0.894. The number of nitrogens with one attached hydrogen (secondary N) is 1. The molecule has 1 N–H and O–H groups in total. The number of methoxy groups -OCH3 is 1. The van der Waals surface area contributed by atoms with Crippen molar-refractivity contribution in [1.82, 2.24) is 9.97 Å². The lowest BCUT2D eigenvalue weighted by atomic mass is 10.2. The van der Waals surface area contributed by atoms with E-state index in [1.807, 2.05) is 0 Å². The number of nitrogens with zero attached hydrogens (tertiary/aromatic N) is 1. The Morgan fingerprint density at radius 2 is 2.43 bits per heavy atom. The van der Waals surface area contributed by atoms with Crippen molar-refractivity contribution < 1.29 is 9.53 Å². The molecule has 0 aliphatic carbocycles. The average Bonchev–Trinajstić information content (AvgIpc) is 2.62. The van der Waals surface area contributed by atoms with E-state index in [1.165, 1.54) is 7.11 Å². The predicted octanol–water partition coefficient (Wildman–Crippen LogP) is 2.00. The van der Waals surface area contributed by atoms with Gasteiger partial charge in [0.05, 0.1) is 23.6 Å². The van der Waals surface area contributed by atoms with Crippen LogP contribution in [-0.4, -0.2) is 23.0 Å². The first-order valence-electron chi connectivity index (χ1n) is 3.94. The number of pyridine rings is 1. The largest absolute Gasteiger partial charge is 0.465 e. The highest BCUT2D eigenvalue weighted by atomic mass is 35.5. The van der Waals surface area contributed by atoms with Crippen LogP contribution in [0.3, 0.4) is 0 Å². The second-order valence-corrected chi connectivity index (χ2v) is 3.08. The van der Waals surface area contributed by atoms with Crippen molar-refractivity contribution in [3.05, 3.63) is 29.2 Å². The van der Waals surface area contributed by atoms with Gasteiger partial charge in [0, 0.05) is 12.4 Å². The van der Waals surface area contributed by atoms with Gasteiger partial charge in [-0.2, -0.15) is 0 Å². The molecule has 0 saturated heterocycles. The van der Waals surface area contributed by atoms with Crippen molar-refractivity contribution in [3.63, 3.8) is 0 Å². The summed E-state index contributed by atoms with van der Waals surface area (Å²) < 4.78 is 4.61. The van der Waals surface area contributed by atoms with Crippen LogP contribution >= 0.6 is 11.6 Å². The minimum atomic E-state index is -0.425. The fraction of sp³-hybridized carbons (Fsp3) is 0.111. The monoisotopic (exact) mass is 210 g/mol. The number of carbonyl (C=O) groups is 1. The third-order valence-corrected chi connectivity index (χ3v) is 2.24. The number of hydrogen-bond donors (Lipinski definition) is 1. The van der Waals surface area contributed by atoms with Crippen molar-refractivity contribution in [2.24, 2.45) is 0 Å². The number of H-pyrrole nitrogens is 1. The van der Waals surface area contributed by atoms with Gasteiger partial charge in [-0.1, -0.05) is 11.6 Å². The van der Waals surface area contributed by atoms with Crippen LogP contribution in [0.1, 0.15) is 10.4 Å². The van der Waals surface area contributed by atoms with Crippen LogP contribution in [0.25, 0.3) is 10.9 Å².